The molecule has 0 bridgehead atoms. The molecule has 0 aromatic heterocycles. The zero-order valence-corrected chi connectivity index (χ0v) is 22.0. The van der Waals surface area contributed by atoms with Crippen LogP contribution in [0.5, 0.6) is 0 Å². The van der Waals surface area contributed by atoms with Gasteiger partial charge in [0.1, 0.15) is 11.9 Å². The fourth-order valence-electron chi connectivity index (χ4n) is 3.76. The number of nitrogens with zero attached hydrogens (tertiary/aromatic N) is 2. The Morgan fingerprint density at radius 2 is 1.80 bits per heavy atom. The first-order valence-corrected chi connectivity index (χ1v) is 13.7. The first-order valence-electron chi connectivity index (χ1n) is 11.8. The van der Waals surface area contributed by atoms with Crippen molar-refractivity contribution in [1.29, 1.82) is 0 Å². The second kappa shape index (κ2) is 12.7. The van der Waals surface area contributed by atoms with Gasteiger partial charge in [0.15, 0.2) is 0 Å². The van der Waals surface area contributed by atoms with Gasteiger partial charge in [-0.2, -0.15) is 0 Å². The van der Waals surface area contributed by atoms with Gasteiger partial charge in [-0.15, -0.1) is 0 Å². The van der Waals surface area contributed by atoms with E-state index in [0.29, 0.717) is 17.8 Å². The van der Waals surface area contributed by atoms with E-state index in [9.17, 15) is 22.4 Å². The molecule has 192 valence electrons. The molecular formula is C26H36FN3O4S. The Hall–Kier alpha value is -2.94. The normalized spacial score (nSPS) is 12.2. The summed E-state index contributed by atoms with van der Waals surface area (Å²) >= 11 is 0. The van der Waals surface area contributed by atoms with Crippen LogP contribution >= 0.6 is 0 Å². The number of sulfonamides is 1. The summed E-state index contributed by atoms with van der Waals surface area (Å²) in [7, 11) is -3.57. The molecule has 0 unspecified atom stereocenters. The molecule has 2 aromatic rings. The van der Waals surface area contributed by atoms with Gasteiger partial charge in [0.2, 0.25) is 21.8 Å². The van der Waals surface area contributed by atoms with Gasteiger partial charge in [0.25, 0.3) is 0 Å². The monoisotopic (exact) mass is 505 g/mol. The van der Waals surface area contributed by atoms with Crippen LogP contribution in [0.15, 0.2) is 42.5 Å². The highest BCUT2D eigenvalue weighted by molar-refractivity contribution is 7.92. The standard InChI is InChI=1S/C26H36FN3O4S/c1-6-15-28-26(32)21(4)29(18-22-10-7-8-11-23(22)27)25(31)12-9-16-30(35(5,33)34)24-17-19(2)13-14-20(24)3/h7-8,10-11,13-14,17,21H,6,9,12,15-16,18H2,1-5H3,(H,28,32)/t21-/m0/s1. The molecule has 0 saturated heterocycles. The minimum absolute atomic E-state index is 0.0106. The number of carbonyl (C=O) groups excluding carboxylic acids is 2. The summed E-state index contributed by atoms with van der Waals surface area (Å²) in [6, 6.07) is 10.9. The van der Waals surface area contributed by atoms with E-state index in [2.05, 4.69) is 5.32 Å². The Morgan fingerprint density at radius 3 is 2.43 bits per heavy atom. The number of rotatable bonds is 12. The van der Waals surface area contributed by atoms with Crippen molar-refractivity contribution in [2.45, 2.75) is 59.5 Å². The first kappa shape index (κ1) is 28.3. The average Bonchev–Trinajstić information content (AvgIpc) is 2.80. The molecule has 0 fully saturated rings. The zero-order chi connectivity index (χ0) is 26.2. The maximum Gasteiger partial charge on any atom is 0.242 e. The molecule has 0 aliphatic carbocycles. The lowest BCUT2D eigenvalue weighted by Gasteiger charge is -2.29. The summed E-state index contributed by atoms with van der Waals surface area (Å²) in [4.78, 5) is 27.2. The lowest BCUT2D eigenvalue weighted by Crippen LogP contribution is -2.48. The molecule has 1 atom stereocenters. The highest BCUT2D eigenvalue weighted by Gasteiger charge is 2.27. The third-order valence-corrected chi connectivity index (χ3v) is 6.98. The van der Waals surface area contributed by atoms with Gasteiger partial charge in [0.05, 0.1) is 11.9 Å². The maximum absolute atomic E-state index is 14.3. The summed E-state index contributed by atoms with van der Waals surface area (Å²) < 4.78 is 40.7. The SMILES string of the molecule is CCCNC(=O)[C@H](C)N(Cc1ccccc1F)C(=O)CCCN(c1cc(C)ccc1C)S(C)(=O)=O. The second-order valence-electron chi connectivity index (χ2n) is 8.81. The third-order valence-electron chi connectivity index (χ3n) is 5.80. The number of benzene rings is 2. The fourth-order valence-corrected chi connectivity index (χ4v) is 4.77. The number of halogens is 1. The van der Waals surface area contributed by atoms with Crippen molar-refractivity contribution in [3.05, 3.63) is 65.0 Å². The lowest BCUT2D eigenvalue weighted by atomic mass is 10.1. The van der Waals surface area contributed by atoms with Gasteiger partial charge in [-0.1, -0.05) is 37.3 Å². The van der Waals surface area contributed by atoms with E-state index in [0.717, 1.165) is 23.8 Å². The Morgan fingerprint density at radius 1 is 1.11 bits per heavy atom. The van der Waals surface area contributed by atoms with Crippen molar-refractivity contribution in [3.63, 3.8) is 0 Å². The molecule has 0 radical (unpaired) electrons. The maximum atomic E-state index is 14.3. The number of hydrogen-bond acceptors (Lipinski definition) is 4. The third kappa shape index (κ3) is 8.06. The predicted octanol–water partition coefficient (Wildman–Crippen LogP) is 3.93. The largest absolute Gasteiger partial charge is 0.354 e. The van der Waals surface area contributed by atoms with Crippen LogP contribution in [0.3, 0.4) is 0 Å². The number of nitrogens with one attached hydrogen (secondary N) is 1. The minimum atomic E-state index is -3.57. The predicted molar refractivity (Wildman–Crippen MR) is 137 cm³/mol. The average molecular weight is 506 g/mol. The van der Waals surface area contributed by atoms with Crippen LogP contribution in [-0.2, 0) is 26.2 Å². The van der Waals surface area contributed by atoms with E-state index in [1.165, 1.54) is 15.3 Å². The van der Waals surface area contributed by atoms with E-state index >= 15 is 0 Å². The van der Waals surface area contributed by atoms with Crippen molar-refractivity contribution >= 4 is 27.5 Å². The van der Waals surface area contributed by atoms with Gasteiger partial charge in [-0.05, 0) is 56.9 Å². The fraction of sp³-hybridized carbons (Fsp3) is 0.462. The summed E-state index contributed by atoms with van der Waals surface area (Å²) in [5, 5.41) is 2.78. The van der Waals surface area contributed by atoms with E-state index in [-0.39, 0.29) is 37.7 Å². The van der Waals surface area contributed by atoms with Crippen LogP contribution in [0.25, 0.3) is 0 Å². The van der Waals surface area contributed by atoms with Crippen molar-refractivity contribution in [2.24, 2.45) is 0 Å². The topological polar surface area (TPSA) is 86.8 Å². The van der Waals surface area contributed by atoms with Crippen LogP contribution in [0.2, 0.25) is 0 Å². The molecule has 1 N–H and O–H groups in total. The molecule has 7 nitrogen and oxygen atoms in total. The van der Waals surface area contributed by atoms with Gasteiger partial charge >= 0.3 is 0 Å². The van der Waals surface area contributed by atoms with Crippen molar-refractivity contribution in [3.8, 4) is 0 Å². The number of hydrogen-bond donors (Lipinski definition) is 1. The Kier molecular flexibility index (Phi) is 10.2. The molecule has 35 heavy (non-hydrogen) atoms. The van der Waals surface area contributed by atoms with E-state index in [1.807, 2.05) is 39.0 Å². The van der Waals surface area contributed by atoms with Crippen LogP contribution in [0, 0.1) is 19.7 Å². The Labute approximate surface area is 208 Å². The molecule has 0 aliphatic heterocycles. The van der Waals surface area contributed by atoms with Gasteiger partial charge in [-0.25, -0.2) is 12.8 Å². The van der Waals surface area contributed by atoms with Gasteiger partial charge in [-0.3, -0.25) is 13.9 Å². The Balaban J connectivity index is 2.20. The smallest absolute Gasteiger partial charge is 0.242 e. The highest BCUT2D eigenvalue weighted by atomic mass is 32.2. The quantitative estimate of drug-likeness (QED) is 0.474. The number of aryl methyl sites for hydroxylation is 2. The molecule has 9 heteroatoms. The minimum Gasteiger partial charge on any atom is -0.354 e. The number of amides is 2. The summed E-state index contributed by atoms with van der Waals surface area (Å²) in [5.74, 6) is -1.11. The van der Waals surface area contributed by atoms with Gasteiger partial charge in [0, 0.05) is 31.6 Å². The number of anilines is 1. The Bertz CT molecular complexity index is 1140. The molecule has 2 rings (SSSR count). The molecule has 0 heterocycles. The summed E-state index contributed by atoms with van der Waals surface area (Å²) in [6.45, 7) is 7.80. The highest BCUT2D eigenvalue weighted by Crippen LogP contribution is 2.24. The van der Waals surface area contributed by atoms with Crippen molar-refractivity contribution < 1.29 is 22.4 Å². The lowest BCUT2D eigenvalue weighted by molar-refractivity contribution is -0.140. The van der Waals surface area contributed by atoms with Gasteiger partial charge < -0.3 is 10.2 Å². The summed E-state index contributed by atoms with van der Waals surface area (Å²) in [6.07, 6.45) is 2.15. The van der Waals surface area contributed by atoms with E-state index < -0.39 is 21.9 Å². The van der Waals surface area contributed by atoms with Crippen LogP contribution in [-0.4, -0.2) is 50.5 Å². The molecule has 2 aromatic carbocycles. The first-order chi connectivity index (χ1) is 16.5. The molecule has 0 aliphatic rings. The van der Waals surface area contributed by atoms with Crippen molar-refractivity contribution in [2.75, 3.05) is 23.7 Å². The molecule has 2 amide bonds. The molecule has 0 saturated carbocycles. The second-order valence-corrected chi connectivity index (χ2v) is 10.7. The zero-order valence-electron chi connectivity index (χ0n) is 21.2. The van der Waals surface area contributed by atoms with E-state index in [1.54, 1.807) is 25.1 Å². The number of carbonyl (C=O) groups is 2. The van der Waals surface area contributed by atoms with Crippen LogP contribution in [0.1, 0.15) is 49.8 Å². The van der Waals surface area contributed by atoms with Crippen LogP contribution in [0.4, 0.5) is 10.1 Å². The molecule has 0 spiro atoms. The molecular weight excluding hydrogens is 469 g/mol. The van der Waals surface area contributed by atoms with E-state index in [4.69, 9.17) is 0 Å². The van der Waals surface area contributed by atoms with Crippen LogP contribution < -0.4 is 9.62 Å². The summed E-state index contributed by atoms with van der Waals surface area (Å²) in [5.41, 5.74) is 2.63. The van der Waals surface area contributed by atoms with Crippen molar-refractivity contribution in [1.82, 2.24) is 10.2 Å².